The van der Waals surface area contributed by atoms with Crippen LogP contribution in [0.4, 0.5) is 0 Å². The summed E-state index contributed by atoms with van der Waals surface area (Å²) in [7, 11) is 0. The van der Waals surface area contributed by atoms with E-state index >= 15 is 0 Å². The molecule has 0 spiro atoms. The molecule has 1 amide bonds. The highest BCUT2D eigenvalue weighted by Crippen LogP contribution is 2.29. The van der Waals surface area contributed by atoms with E-state index < -0.39 is 0 Å². The summed E-state index contributed by atoms with van der Waals surface area (Å²) in [4.78, 5) is 13.0. The Morgan fingerprint density at radius 2 is 2.33 bits per heavy atom. The van der Waals surface area contributed by atoms with E-state index in [0.29, 0.717) is 11.8 Å². The van der Waals surface area contributed by atoms with Gasteiger partial charge in [0, 0.05) is 36.6 Å². The molecular formula is C8H14ClNOS. The SMILES string of the molecule is CC(=O)N1CC(S)C(CCl)C1C. The molecule has 12 heavy (non-hydrogen) atoms. The molecule has 70 valence electrons. The van der Waals surface area contributed by atoms with Gasteiger partial charge >= 0.3 is 0 Å². The molecule has 1 fully saturated rings. The van der Waals surface area contributed by atoms with Crippen molar-refractivity contribution in [3.63, 3.8) is 0 Å². The van der Waals surface area contributed by atoms with E-state index in [9.17, 15) is 4.79 Å². The number of hydrogen-bond donors (Lipinski definition) is 1. The van der Waals surface area contributed by atoms with Gasteiger partial charge in [-0.15, -0.1) is 11.6 Å². The van der Waals surface area contributed by atoms with Crippen LogP contribution in [0.3, 0.4) is 0 Å². The third-order valence-corrected chi connectivity index (χ3v) is 3.47. The van der Waals surface area contributed by atoms with Crippen LogP contribution in [0, 0.1) is 5.92 Å². The lowest BCUT2D eigenvalue weighted by Crippen LogP contribution is -2.34. The molecule has 4 heteroatoms. The third-order valence-electron chi connectivity index (χ3n) is 2.57. The molecule has 1 heterocycles. The maximum Gasteiger partial charge on any atom is 0.219 e. The van der Waals surface area contributed by atoms with Crippen LogP contribution in [0.2, 0.25) is 0 Å². The minimum atomic E-state index is 0.120. The summed E-state index contributed by atoms with van der Waals surface area (Å²) in [6, 6.07) is 0.238. The first-order valence-corrected chi connectivity index (χ1v) is 5.14. The van der Waals surface area contributed by atoms with Crippen LogP contribution < -0.4 is 0 Å². The Morgan fingerprint density at radius 3 is 2.58 bits per heavy atom. The first-order chi connectivity index (χ1) is 5.57. The number of thiol groups is 1. The fraction of sp³-hybridized carbons (Fsp3) is 0.875. The Bertz CT molecular complexity index is 188. The minimum absolute atomic E-state index is 0.120. The Kier molecular flexibility index (Phi) is 3.29. The zero-order valence-corrected chi connectivity index (χ0v) is 8.98. The van der Waals surface area contributed by atoms with Crippen molar-refractivity contribution < 1.29 is 4.79 Å². The van der Waals surface area contributed by atoms with Gasteiger partial charge < -0.3 is 4.90 Å². The van der Waals surface area contributed by atoms with Gasteiger partial charge in [0.2, 0.25) is 5.91 Å². The summed E-state index contributed by atoms with van der Waals surface area (Å²) in [6.45, 7) is 4.36. The molecule has 0 aliphatic carbocycles. The predicted molar refractivity (Wildman–Crippen MR) is 53.8 cm³/mol. The van der Waals surface area contributed by atoms with Crippen LogP contribution >= 0.6 is 24.2 Å². The third kappa shape index (κ3) is 1.72. The van der Waals surface area contributed by atoms with Crippen molar-refractivity contribution in [1.82, 2.24) is 4.90 Å². The van der Waals surface area contributed by atoms with Crippen LogP contribution in [0.1, 0.15) is 13.8 Å². The Morgan fingerprint density at radius 1 is 1.75 bits per heavy atom. The largest absolute Gasteiger partial charge is 0.339 e. The smallest absolute Gasteiger partial charge is 0.219 e. The average molecular weight is 208 g/mol. The topological polar surface area (TPSA) is 20.3 Å². The van der Waals surface area contributed by atoms with Crippen LogP contribution in [0.25, 0.3) is 0 Å². The molecule has 1 rings (SSSR count). The molecule has 2 nitrogen and oxygen atoms in total. The second-order valence-corrected chi connectivity index (χ2v) is 4.27. The quantitative estimate of drug-likeness (QED) is 0.509. The monoisotopic (exact) mass is 207 g/mol. The zero-order chi connectivity index (χ0) is 9.30. The number of likely N-dealkylation sites (tertiary alicyclic amines) is 1. The van der Waals surface area contributed by atoms with E-state index in [1.165, 1.54) is 0 Å². The Labute approximate surface area is 83.7 Å². The summed E-state index contributed by atoms with van der Waals surface area (Å²) in [6.07, 6.45) is 0. The molecule has 3 atom stereocenters. The molecule has 0 aromatic heterocycles. The van der Waals surface area contributed by atoms with E-state index in [2.05, 4.69) is 12.6 Å². The number of carbonyl (C=O) groups excluding carboxylic acids is 1. The molecule has 0 N–H and O–H groups in total. The van der Waals surface area contributed by atoms with Crippen molar-refractivity contribution in [3.05, 3.63) is 0 Å². The number of amides is 1. The van der Waals surface area contributed by atoms with Gasteiger partial charge in [0.25, 0.3) is 0 Å². The van der Waals surface area contributed by atoms with Crippen LogP contribution in [-0.4, -0.2) is 34.5 Å². The lowest BCUT2D eigenvalue weighted by molar-refractivity contribution is -0.129. The van der Waals surface area contributed by atoms with Gasteiger partial charge in [-0.05, 0) is 6.92 Å². The normalized spacial score (nSPS) is 35.7. The molecule has 0 radical (unpaired) electrons. The van der Waals surface area contributed by atoms with Crippen molar-refractivity contribution in [2.75, 3.05) is 12.4 Å². The van der Waals surface area contributed by atoms with Gasteiger partial charge in [-0.1, -0.05) is 0 Å². The van der Waals surface area contributed by atoms with Gasteiger partial charge in [-0.2, -0.15) is 12.6 Å². The second kappa shape index (κ2) is 3.88. The van der Waals surface area contributed by atoms with Gasteiger partial charge in [0.05, 0.1) is 0 Å². The Balaban J connectivity index is 2.68. The molecule has 1 aliphatic rings. The van der Waals surface area contributed by atoms with Crippen molar-refractivity contribution in [3.8, 4) is 0 Å². The van der Waals surface area contributed by atoms with Crippen LogP contribution in [-0.2, 0) is 4.79 Å². The maximum absolute atomic E-state index is 11.1. The zero-order valence-electron chi connectivity index (χ0n) is 7.33. The fourth-order valence-electron chi connectivity index (χ4n) is 1.70. The first kappa shape index (κ1) is 10.2. The van der Waals surface area contributed by atoms with E-state index in [-0.39, 0.29) is 17.2 Å². The number of halogens is 1. The standard InChI is InChI=1S/C8H14ClNOS/c1-5-7(3-9)8(12)4-10(5)6(2)11/h5,7-8,12H,3-4H2,1-2H3. The average Bonchev–Trinajstić information content (AvgIpc) is 2.27. The molecule has 0 saturated carbocycles. The van der Waals surface area contributed by atoms with Crippen molar-refractivity contribution >= 4 is 30.1 Å². The lowest BCUT2D eigenvalue weighted by atomic mass is 10.0. The number of hydrogen-bond acceptors (Lipinski definition) is 2. The second-order valence-electron chi connectivity index (χ2n) is 3.30. The number of carbonyl (C=O) groups is 1. The summed E-state index contributed by atoms with van der Waals surface area (Å²) < 4.78 is 0. The highest BCUT2D eigenvalue weighted by molar-refractivity contribution is 7.81. The minimum Gasteiger partial charge on any atom is -0.339 e. The highest BCUT2D eigenvalue weighted by Gasteiger charge is 2.37. The summed E-state index contributed by atoms with van der Waals surface area (Å²) >= 11 is 10.2. The lowest BCUT2D eigenvalue weighted by Gasteiger charge is -2.21. The number of rotatable bonds is 1. The first-order valence-electron chi connectivity index (χ1n) is 4.09. The van der Waals surface area contributed by atoms with E-state index in [1.54, 1.807) is 6.92 Å². The molecule has 3 unspecified atom stereocenters. The molecule has 0 aromatic rings. The van der Waals surface area contributed by atoms with Crippen molar-refractivity contribution in [2.24, 2.45) is 5.92 Å². The van der Waals surface area contributed by atoms with Gasteiger partial charge in [0.1, 0.15) is 0 Å². The van der Waals surface area contributed by atoms with E-state index in [4.69, 9.17) is 11.6 Å². The van der Waals surface area contributed by atoms with Gasteiger partial charge in [0.15, 0.2) is 0 Å². The van der Waals surface area contributed by atoms with E-state index in [1.807, 2.05) is 11.8 Å². The van der Waals surface area contributed by atoms with Crippen LogP contribution in [0.5, 0.6) is 0 Å². The highest BCUT2D eigenvalue weighted by atomic mass is 35.5. The molecule has 0 aromatic carbocycles. The van der Waals surface area contributed by atoms with Crippen molar-refractivity contribution in [1.29, 1.82) is 0 Å². The molecule has 0 bridgehead atoms. The number of nitrogens with zero attached hydrogens (tertiary/aromatic N) is 1. The van der Waals surface area contributed by atoms with Crippen molar-refractivity contribution in [2.45, 2.75) is 25.1 Å². The molecule has 1 saturated heterocycles. The summed E-state index contributed by atoms with van der Waals surface area (Å²) in [5.74, 6) is 1.03. The Hall–Kier alpha value is 0.110. The van der Waals surface area contributed by atoms with Gasteiger partial charge in [-0.25, -0.2) is 0 Å². The summed E-state index contributed by atoms with van der Waals surface area (Å²) in [5, 5.41) is 0.237. The summed E-state index contributed by atoms with van der Waals surface area (Å²) in [5.41, 5.74) is 0. The predicted octanol–water partition coefficient (Wildman–Crippen LogP) is 1.39. The molecular weight excluding hydrogens is 194 g/mol. The maximum atomic E-state index is 11.1. The van der Waals surface area contributed by atoms with Crippen LogP contribution in [0.15, 0.2) is 0 Å². The van der Waals surface area contributed by atoms with Gasteiger partial charge in [-0.3, -0.25) is 4.79 Å². The number of alkyl halides is 1. The molecule has 1 aliphatic heterocycles. The van der Waals surface area contributed by atoms with E-state index in [0.717, 1.165) is 6.54 Å². The fourth-order valence-corrected chi connectivity index (χ4v) is 2.83.